The van der Waals surface area contributed by atoms with E-state index in [0.717, 1.165) is 11.9 Å². The number of H-pyrrole nitrogens is 1. The highest BCUT2D eigenvalue weighted by Crippen LogP contribution is 2.28. The van der Waals surface area contributed by atoms with E-state index in [9.17, 15) is 13.2 Å². The first-order chi connectivity index (χ1) is 10.3. The number of amides is 1. The SMILES string of the molecule is Cc1cc(C(=O)Nc2nc3ccc(S(C)(=O)=O)cc3s2)n[nH]1. The summed E-state index contributed by atoms with van der Waals surface area (Å²) < 4.78 is 23.8. The van der Waals surface area contributed by atoms with Crippen LogP contribution in [0.1, 0.15) is 16.2 Å². The molecule has 9 heteroatoms. The minimum Gasteiger partial charge on any atom is -0.296 e. The Morgan fingerprint density at radius 3 is 2.73 bits per heavy atom. The van der Waals surface area contributed by atoms with Crippen molar-refractivity contribution in [1.82, 2.24) is 15.2 Å². The number of benzene rings is 1. The fourth-order valence-electron chi connectivity index (χ4n) is 1.88. The van der Waals surface area contributed by atoms with E-state index in [4.69, 9.17) is 0 Å². The number of nitrogens with zero attached hydrogens (tertiary/aromatic N) is 2. The molecule has 2 heterocycles. The van der Waals surface area contributed by atoms with Crippen molar-refractivity contribution in [2.75, 3.05) is 11.6 Å². The number of aryl methyl sites for hydroxylation is 1. The van der Waals surface area contributed by atoms with Crippen LogP contribution in [-0.2, 0) is 9.84 Å². The molecule has 3 rings (SSSR count). The summed E-state index contributed by atoms with van der Waals surface area (Å²) in [5, 5.41) is 9.61. The molecule has 0 saturated heterocycles. The molecule has 0 atom stereocenters. The molecule has 0 radical (unpaired) electrons. The zero-order valence-corrected chi connectivity index (χ0v) is 13.4. The molecule has 7 nitrogen and oxygen atoms in total. The highest BCUT2D eigenvalue weighted by atomic mass is 32.2. The second kappa shape index (κ2) is 5.18. The molecule has 0 spiro atoms. The van der Waals surface area contributed by atoms with Crippen LogP contribution >= 0.6 is 11.3 Å². The van der Waals surface area contributed by atoms with Crippen molar-refractivity contribution in [2.45, 2.75) is 11.8 Å². The van der Waals surface area contributed by atoms with E-state index in [1.165, 1.54) is 17.4 Å². The van der Waals surface area contributed by atoms with Gasteiger partial charge in [-0.15, -0.1) is 0 Å². The van der Waals surface area contributed by atoms with Crippen LogP contribution in [-0.4, -0.2) is 35.8 Å². The maximum atomic E-state index is 12.0. The van der Waals surface area contributed by atoms with Crippen molar-refractivity contribution in [3.63, 3.8) is 0 Å². The summed E-state index contributed by atoms with van der Waals surface area (Å²) in [5.74, 6) is -0.369. The van der Waals surface area contributed by atoms with Crippen LogP contribution in [0.15, 0.2) is 29.2 Å². The Balaban J connectivity index is 1.90. The Bertz CT molecular complexity index is 972. The maximum absolute atomic E-state index is 12.0. The van der Waals surface area contributed by atoms with Gasteiger partial charge in [0, 0.05) is 11.9 Å². The lowest BCUT2D eigenvalue weighted by Crippen LogP contribution is -2.11. The smallest absolute Gasteiger partial charge is 0.277 e. The van der Waals surface area contributed by atoms with Gasteiger partial charge in [-0.25, -0.2) is 13.4 Å². The van der Waals surface area contributed by atoms with Gasteiger partial charge in [-0.05, 0) is 31.2 Å². The van der Waals surface area contributed by atoms with Gasteiger partial charge in [-0.1, -0.05) is 11.3 Å². The average molecular weight is 336 g/mol. The van der Waals surface area contributed by atoms with Crippen LogP contribution < -0.4 is 5.32 Å². The number of aromatic nitrogens is 3. The Morgan fingerprint density at radius 2 is 2.09 bits per heavy atom. The van der Waals surface area contributed by atoms with Crippen LogP contribution in [0.4, 0.5) is 5.13 Å². The summed E-state index contributed by atoms with van der Waals surface area (Å²) in [4.78, 5) is 16.5. The lowest BCUT2D eigenvalue weighted by Gasteiger charge is -1.96. The third kappa shape index (κ3) is 2.85. The third-order valence-corrected chi connectivity index (χ3v) is 4.99. The number of rotatable bonds is 3. The molecule has 0 aliphatic rings. The monoisotopic (exact) mass is 336 g/mol. The van der Waals surface area contributed by atoms with Crippen LogP contribution in [0, 0.1) is 6.92 Å². The van der Waals surface area contributed by atoms with Crippen LogP contribution in [0.2, 0.25) is 0 Å². The van der Waals surface area contributed by atoms with E-state index in [0.29, 0.717) is 15.3 Å². The number of sulfone groups is 1. The Hall–Kier alpha value is -2.26. The Morgan fingerprint density at radius 1 is 1.32 bits per heavy atom. The molecule has 2 aromatic heterocycles. The fraction of sp³-hybridized carbons (Fsp3) is 0.154. The molecule has 0 bridgehead atoms. The first kappa shape index (κ1) is 14.7. The highest BCUT2D eigenvalue weighted by Gasteiger charge is 2.14. The summed E-state index contributed by atoms with van der Waals surface area (Å²) in [6.07, 6.45) is 1.15. The molecule has 0 saturated carbocycles. The summed E-state index contributed by atoms with van der Waals surface area (Å²) in [7, 11) is -3.27. The second-order valence-electron chi connectivity index (χ2n) is 4.81. The van der Waals surface area contributed by atoms with Crippen molar-refractivity contribution in [3.05, 3.63) is 35.7 Å². The van der Waals surface area contributed by atoms with Gasteiger partial charge in [-0.3, -0.25) is 15.2 Å². The normalized spacial score (nSPS) is 11.7. The Kier molecular flexibility index (Phi) is 3.45. The molecule has 114 valence electrons. The molecular weight excluding hydrogens is 324 g/mol. The second-order valence-corrected chi connectivity index (χ2v) is 7.86. The van der Waals surface area contributed by atoms with Crippen LogP contribution in [0.3, 0.4) is 0 Å². The van der Waals surface area contributed by atoms with Gasteiger partial charge in [0.15, 0.2) is 20.7 Å². The van der Waals surface area contributed by atoms with Gasteiger partial charge >= 0.3 is 0 Å². The molecule has 0 fully saturated rings. The minimum atomic E-state index is -3.27. The zero-order valence-electron chi connectivity index (χ0n) is 11.7. The van der Waals surface area contributed by atoms with E-state index in [2.05, 4.69) is 20.5 Å². The van der Waals surface area contributed by atoms with E-state index >= 15 is 0 Å². The number of hydrogen-bond acceptors (Lipinski definition) is 6. The maximum Gasteiger partial charge on any atom is 0.277 e. The number of nitrogens with one attached hydrogen (secondary N) is 2. The third-order valence-electron chi connectivity index (χ3n) is 2.95. The van der Waals surface area contributed by atoms with E-state index < -0.39 is 9.84 Å². The van der Waals surface area contributed by atoms with Crippen LogP contribution in [0.5, 0.6) is 0 Å². The average Bonchev–Trinajstić information content (AvgIpc) is 3.02. The number of fused-ring (bicyclic) bond motifs is 1. The minimum absolute atomic E-state index is 0.226. The lowest BCUT2D eigenvalue weighted by atomic mass is 10.3. The first-order valence-corrected chi connectivity index (χ1v) is 8.98. The zero-order chi connectivity index (χ0) is 15.9. The van der Waals surface area contributed by atoms with Gasteiger partial charge in [0.1, 0.15) is 0 Å². The highest BCUT2D eigenvalue weighted by molar-refractivity contribution is 7.90. The standard InChI is InChI=1S/C13H12N4O3S2/c1-7-5-10(17-16-7)12(18)15-13-14-9-4-3-8(22(2,19)20)6-11(9)21-13/h3-6H,1-2H3,(H,16,17)(H,14,15,18). The van der Waals surface area contributed by atoms with Crippen molar-refractivity contribution in [3.8, 4) is 0 Å². The van der Waals surface area contributed by atoms with Crippen molar-refractivity contribution in [1.29, 1.82) is 0 Å². The largest absolute Gasteiger partial charge is 0.296 e. The van der Waals surface area contributed by atoms with Crippen molar-refractivity contribution >= 4 is 42.4 Å². The lowest BCUT2D eigenvalue weighted by molar-refractivity contribution is 0.102. The molecule has 3 aromatic rings. The quantitative estimate of drug-likeness (QED) is 0.761. The topological polar surface area (TPSA) is 105 Å². The number of anilines is 1. The number of carbonyl (C=O) groups is 1. The summed E-state index contributed by atoms with van der Waals surface area (Å²) in [5.41, 5.74) is 1.69. The van der Waals surface area contributed by atoms with Crippen molar-refractivity contribution < 1.29 is 13.2 Å². The summed E-state index contributed by atoms with van der Waals surface area (Å²) >= 11 is 1.21. The number of hydrogen-bond donors (Lipinski definition) is 2. The molecular formula is C13H12N4O3S2. The van der Waals surface area contributed by atoms with Gasteiger partial charge in [0.05, 0.1) is 15.1 Å². The molecule has 1 aromatic carbocycles. The molecule has 22 heavy (non-hydrogen) atoms. The Labute approximate surface area is 130 Å². The first-order valence-electron chi connectivity index (χ1n) is 6.27. The van der Waals surface area contributed by atoms with E-state index in [1.54, 1.807) is 25.1 Å². The number of thiazole rings is 1. The molecule has 0 aliphatic heterocycles. The number of carbonyl (C=O) groups excluding carboxylic acids is 1. The van der Waals surface area contributed by atoms with Crippen LogP contribution in [0.25, 0.3) is 10.2 Å². The van der Waals surface area contributed by atoms with Gasteiger partial charge in [0.25, 0.3) is 5.91 Å². The van der Waals surface area contributed by atoms with E-state index in [1.807, 2.05) is 0 Å². The number of aromatic amines is 1. The van der Waals surface area contributed by atoms with E-state index in [-0.39, 0.29) is 16.5 Å². The predicted octanol–water partition coefficient (Wildman–Crippen LogP) is 1.98. The molecule has 0 unspecified atom stereocenters. The molecule has 1 amide bonds. The molecule has 2 N–H and O–H groups in total. The van der Waals surface area contributed by atoms with Gasteiger partial charge < -0.3 is 0 Å². The van der Waals surface area contributed by atoms with Crippen molar-refractivity contribution in [2.24, 2.45) is 0 Å². The van der Waals surface area contributed by atoms with Gasteiger partial charge in [0.2, 0.25) is 0 Å². The van der Waals surface area contributed by atoms with Gasteiger partial charge in [-0.2, -0.15) is 5.10 Å². The summed E-state index contributed by atoms with van der Waals surface area (Å²) in [6.45, 7) is 1.80. The molecule has 0 aliphatic carbocycles. The fourth-order valence-corrected chi connectivity index (χ4v) is 3.51. The summed E-state index contributed by atoms with van der Waals surface area (Å²) in [6, 6.07) is 6.30. The predicted molar refractivity (Wildman–Crippen MR) is 84.0 cm³/mol.